The Kier molecular flexibility index (Phi) is 7.95. The third kappa shape index (κ3) is 6.15. The number of para-hydroxylation sites is 1. The van der Waals surface area contributed by atoms with Crippen molar-refractivity contribution in [1.29, 1.82) is 5.26 Å². The number of benzene rings is 2. The maximum absolute atomic E-state index is 12.2. The number of carbonyl (C=O) groups is 2. The van der Waals surface area contributed by atoms with Gasteiger partial charge in [0.15, 0.2) is 6.61 Å². The Bertz CT molecular complexity index is 1150. The number of rotatable bonds is 8. The predicted octanol–water partition coefficient (Wildman–Crippen LogP) is 4.23. The van der Waals surface area contributed by atoms with Crippen LogP contribution >= 0.6 is 15.9 Å². The molecule has 2 aromatic carbocycles. The zero-order chi connectivity index (χ0) is 22.9. The molecule has 3 rings (SSSR count). The average molecular weight is 493 g/mol. The van der Waals surface area contributed by atoms with E-state index in [4.69, 9.17) is 15.1 Å². The lowest BCUT2D eigenvalue weighted by Gasteiger charge is -2.14. The lowest BCUT2D eigenvalue weighted by molar-refractivity contribution is -0.147. The van der Waals surface area contributed by atoms with Gasteiger partial charge in [0.25, 0.3) is 5.91 Å². The highest BCUT2D eigenvalue weighted by molar-refractivity contribution is 9.10. The maximum atomic E-state index is 12.2. The Labute approximate surface area is 194 Å². The molecule has 162 valence electrons. The first kappa shape index (κ1) is 23.0. The van der Waals surface area contributed by atoms with Gasteiger partial charge in [-0.3, -0.25) is 4.79 Å². The second-order valence-corrected chi connectivity index (χ2v) is 7.80. The van der Waals surface area contributed by atoms with Crippen LogP contribution in [-0.2, 0) is 14.3 Å². The molecular weight excluding hydrogens is 472 g/mol. The summed E-state index contributed by atoms with van der Waals surface area (Å²) in [5, 5.41) is 13.3. The van der Waals surface area contributed by atoms with Crippen molar-refractivity contribution in [1.82, 2.24) is 14.7 Å². The molecule has 7 nitrogen and oxygen atoms in total. The monoisotopic (exact) mass is 492 g/mol. The summed E-state index contributed by atoms with van der Waals surface area (Å²) in [6.07, 6.45) is 4.95. The van der Waals surface area contributed by atoms with Crippen LogP contribution in [-0.4, -0.2) is 46.8 Å². The van der Waals surface area contributed by atoms with Gasteiger partial charge in [-0.15, -0.1) is 0 Å². The molecule has 0 atom stereocenters. The molecule has 0 saturated heterocycles. The normalized spacial score (nSPS) is 10.7. The van der Waals surface area contributed by atoms with Crippen molar-refractivity contribution in [3.63, 3.8) is 0 Å². The van der Waals surface area contributed by atoms with E-state index in [1.807, 2.05) is 66.9 Å². The van der Waals surface area contributed by atoms with Crippen LogP contribution in [0.3, 0.4) is 0 Å². The van der Waals surface area contributed by atoms with E-state index in [1.165, 1.54) is 11.0 Å². The number of esters is 1. The summed E-state index contributed by atoms with van der Waals surface area (Å²) in [5.41, 5.74) is 3.22. The second kappa shape index (κ2) is 11.1. The zero-order valence-corrected chi connectivity index (χ0v) is 19.0. The van der Waals surface area contributed by atoms with E-state index in [1.54, 1.807) is 17.8 Å². The molecule has 32 heavy (non-hydrogen) atoms. The van der Waals surface area contributed by atoms with Gasteiger partial charge in [0, 0.05) is 41.5 Å². The van der Waals surface area contributed by atoms with Gasteiger partial charge in [-0.25, -0.2) is 9.48 Å². The topological polar surface area (TPSA) is 88.2 Å². The summed E-state index contributed by atoms with van der Waals surface area (Å²) in [6.45, 7) is -0.0914. The lowest BCUT2D eigenvalue weighted by atomic mass is 10.1. The number of amides is 1. The molecule has 0 bridgehead atoms. The molecule has 0 spiro atoms. The molecule has 0 aliphatic carbocycles. The van der Waals surface area contributed by atoms with Gasteiger partial charge < -0.3 is 9.64 Å². The minimum atomic E-state index is -0.638. The zero-order valence-electron chi connectivity index (χ0n) is 17.4. The number of hydrogen-bond donors (Lipinski definition) is 0. The highest BCUT2D eigenvalue weighted by atomic mass is 79.9. The van der Waals surface area contributed by atoms with Crippen molar-refractivity contribution in [2.45, 2.75) is 6.42 Å². The average Bonchev–Trinajstić information content (AvgIpc) is 3.25. The Morgan fingerprint density at radius 1 is 1.19 bits per heavy atom. The molecule has 1 heterocycles. The molecular formula is C24H21BrN4O3. The van der Waals surface area contributed by atoms with E-state index in [0.29, 0.717) is 5.69 Å². The molecule has 0 fully saturated rings. The Morgan fingerprint density at radius 2 is 1.91 bits per heavy atom. The third-order valence-electron chi connectivity index (χ3n) is 4.60. The summed E-state index contributed by atoms with van der Waals surface area (Å²) in [4.78, 5) is 25.5. The molecule has 0 aliphatic heterocycles. The van der Waals surface area contributed by atoms with E-state index in [-0.39, 0.29) is 25.5 Å². The fourth-order valence-electron chi connectivity index (χ4n) is 2.85. The van der Waals surface area contributed by atoms with Crippen LogP contribution in [0, 0.1) is 11.3 Å². The first-order chi connectivity index (χ1) is 15.5. The Morgan fingerprint density at radius 3 is 2.59 bits per heavy atom. The second-order valence-electron chi connectivity index (χ2n) is 6.88. The van der Waals surface area contributed by atoms with Crippen molar-refractivity contribution >= 4 is 33.9 Å². The third-order valence-corrected chi connectivity index (χ3v) is 5.13. The number of likely N-dealkylation sites (N-methyl/N-ethyl adjacent to an activating group) is 1. The molecule has 8 heteroatoms. The summed E-state index contributed by atoms with van der Waals surface area (Å²) >= 11 is 3.43. The van der Waals surface area contributed by atoms with Crippen molar-refractivity contribution in [3.8, 4) is 23.0 Å². The molecule has 0 N–H and O–H groups in total. The number of nitrogens with zero attached hydrogens (tertiary/aromatic N) is 4. The largest absolute Gasteiger partial charge is 0.452 e. The summed E-state index contributed by atoms with van der Waals surface area (Å²) in [7, 11) is 1.56. The minimum Gasteiger partial charge on any atom is -0.452 e. The van der Waals surface area contributed by atoms with E-state index < -0.39 is 5.97 Å². The minimum absolute atomic E-state index is 0.223. The Hall–Kier alpha value is -3.70. The molecule has 0 radical (unpaired) electrons. The number of aromatic nitrogens is 2. The predicted molar refractivity (Wildman–Crippen MR) is 125 cm³/mol. The van der Waals surface area contributed by atoms with Crippen molar-refractivity contribution in [3.05, 3.63) is 76.9 Å². The van der Waals surface area contributed by atoms with Crippen LogP contribution in [0.1, 0.15) is 12.0 Å². The van der Waals surface area contributed by atoms with Gasteiger partial charge in [0.05, 0.1) is 23.9 Å². The molecule has 1 amide bonds. The van der Waals surface area contributed by atoms with Gasteiger partial charge in [0.1, 0.15) is 0 Å². The molecule has 0 saturated carbocycles. The quantitative estimate of drug-likeness (QED) is 0.346. The smallest absolute Gasteiger partial charge is 0.331 e. The van der Waals surface area contributed by atoms with Gasteiger partial charge >= 0.3 is 5.97 Å². The van der Waals surface area contributed by atoms with Gasteiger partial charge in [-0.05, 0) is 30.3 Å². The van der Waals surface area contributed by atoms with Gasteiger partial charge in [0.2, 0.25) is 0 Å². The summed E-state index contributed by atoms with van der Waals surface area (Å²) in [6, 6.07) is 19.3. The number of carbonyl (C=O) groups excluding carboxylic acids is 2. The van der Waals surface area contributed by atoms with Crippen LogP contribution in [0.5, 0.6) is 0 Å². The van der Waals surface area contributed by atoms with Crippen LogP contribution in [0.25, 0.3) is 23.0 Å². The van der Waals surface area contributed by atoms with E-state index in [2.05, 4.69) is 15.9 Å². The van der Waals surface area contributed by atoms with Crippen LogP contribution in [0.4, 0.5) is 0 Å². The summed E-state index contributed by atoms with van der Waals surface area (Å²) < 4.78 is 7.74. The number of ether oxygens (including phenoxy) is 1. The number of halogens is 1. The van der Waals surface area contributed by atoms with Crippen molar-refractivity contribution in [2.75, 3.05) is 20.2 Å². The molecule has 0 aliphatic rings. The molecule has 1 aromatic heterocycles. The fraction of sp³-hybridized carbons (Fsp3) is 0.167. The first-order valence-corrected chi connectivity index (χ1v) is 10.6. The lowest BCUT2D eigenvalue weighted by Crippen LogP contribution is -2.31. The number of hydrogen-bond acceptors (Lipinski definition) is 5. The summed E-state index contributed by atoms with van der Waals surface area (Å²) in [5.74, 6) is -1.00. The van der Waals surface area contributed by atoms with E-state index in [9.17, 15) is 9.59 Å². The van der Waals surface area contributed by atoms with Crippen molar-refractivity contribution < 1.29 is 14.3 Å². The first-order valence-electron chi connectivity index (χ1n) is 9.84. The van der Waals surface area contributed by atoms with E-state index in [0.717, 1.165) is 21.3 Å². The number of nitriles is 1. The SMILES string of the molecule is CN(CCC#N)C(=O)COC(=O)/C=C/c1cn(-c2ccccc2)nc1-c1ccc(Br)cc1. The van der Waals surface area contributed by atoms with Crippen LogP contribution in [0.2, 0.25) is 0 Å². The standard InChI is InChI=1S/C24H21BrN4O3/c1-28(15-5-14-26)22(30)17-32-23(31)13-10-19-16-29(21-6-3-2-4-7-21)27-24(19)18-8-11-20(25)12-9-18/h2-4,6-13,16H,5,15,17H2,1H3/b13-10+. The highest BCUT2D eigenvalue weighted by Crippen LogP contribution is 2.26. The highest BCUT2D eigenvalue weighted by Gasteiger charge is 2.13. The fourth-order valence-corrected chi connectivity index (χ4v) is 3.11. The van der Waals surface area contributed by atoms with E-state index >= 15 is 0 Å². The maximum Gasteiger partial charge on any atom is 0.331 e. The molecule has 0 unspecified atom stereocenters. The molecule has 3 aromatic rings. The van der Waals surface area contributed by atoms with Gasteiger partial charge in [-0.1, -0.05) is 46.3 Å². The van der Waals surface area contributed by atoms with Gasteiger partial charge in [-0.2, -0.15) is 10.4 Å². The van der Waals surface area contributed by atoms with Crippen LogP contribution < -0.4 is 0 Å². The Balaban J connectivity index is 1.77. The van der Waals surface area contributed by atoms with Crippen molar-refractivity contribution in [2.24, 2.45) is 0 Å². The van der Waals surface area contributed by atoms with Crippen LogP contribution in [0.15, 0.2) is 71.3 Å².